The van der Waals surface area contributed by atoms with Gasteiger partial charge in [0, 0.05) is 25.8 Å². The van der Waals surface area contributed by atoms with Crippen molar-refractivity contribution in [2.45, 2.75) is 0 Å². The summed E-state index contributed by atoms with van der Waals surface area (Å²) in [6.07, 6.45) is 1.57. The second kappa shape index (κ2) is 6.14. The first kappa shape index (κ1) is 14.0. The lowest BCUT2D eigenvalue weighted by Gasteiger charge is -2.11. The van der Waals surface area contributed by atoms with E-state index in [0.29, 0.717) is 0 Å². The lowest BCUT2D eigenvalue weighted by atomic mass is 10.2. The summed E-state index contributed by atoms with van der Waals surface area (Å²) in [4.78, 5) is 1.99. The van der Waals surface area contributed by atoms with E-state index in [9.17, 15) is 8.78 Å². The molecule has 0 fully saturated rings. The summed E-state index contributed by atoms with van der Waals surface area (Å²) < 4.78 is 26.1. The van der Waals surface area contributed by atoms with E-state index in [-0.39, 0.29) is 5.69 Å². The van der Waals surface area contributed by atoms with Crippen LogP contribution in [-0.4, -0.2) is 20.3 Å². The molecule has 0 aromatic heterocycles. The largest absolute Gasteiger partial charge is 0.378 e. The van der Waals surface area contributed by atoms with Crippen molar-refractivity contribution in [3.8, 4) is 0 Å². The van der Waals surface area contributed by atoms with E-state index >= 15 is 0 Å². The molecular formula is C15H15F2N3. The standard InChI is InChI=1S/C15H15F2N3/c1-20(2)13-6-3-11(4-7-13)10-18-19-15-8-5-12(16)9-14(15)17/h3-10,19H,1-2H3. The Morgan fingerprint density at radius 1 is 1.05 bits per heavy atom. The van der Waals surface area contributed by atoms with Crippen LogP contribution in [0.15, 0.2) is 47.6 Å². The third-order valence-electron chi connectivity index (χ3n) is 2.74. The van der Waals surface area contributed by atoms with Gasteiger partial charge < -0.3 is 4.90 Å². The molecule has 0 saturated heterocycles. The van der Waals surface area contributed by atoms with Gasteiger partial charge in [0.25, 0.3) is 0 Å². The summed E-state index contributed by atoms with van der Waals surface area (Å²) in [7, 11) is 3.92. The Kier molecular flexibility index (Phi) is 4.30. The first-order valence-electron chi connectivity index (χ1n) is 6.08. The van der Waals surface area contributed by atoms with Gasteiger partial charge in [-0.3, -0.25) is 5.43 Å². The van der Waals surface area contributed by atoms with E-state index in [1.165, 1.54) is 12.1 Å². The van der Waals surface area contributed by atoms with Crippen molar-refractivity contribution in [3.05, 3.63) is 59.7 Å². The maximum atomic E-state index is 13.3. The zero-order valence-corrected chi connectivity index (χ0v) is 11.3. The highest BCUT2D eigenvalue weighted by Crippen LogP contribution is 2.15. The Balaban J connectivity index is 2.02. The fourth-order valence-corrected chi connectivity index (χ4v) is 1.62. The third kappa shape index (κ3) is 3.54. The molecule has 2 aromatic rings. The highest BCUT2D eigenvalue weighted by molar-refractivity contribution is 5.80. The highest BCUT2D eigenvalue weighted by Gasteiger charge is 2.01. The number of benzene rings is 2. The van der Waals surface area contributed by atoms with Crippen LogP contribution in [0.2, 0.25) is 0 Å². The van der Waals surface area contributed by atoms with Gasteiger partial charge in [0.15, 0.2) is 5.82 Å². The summed E-state index contributed by atoms with van der Waals surface area (Å²) in [5.41, 5.74) is 4.64. The molecule has 5 heteroatoms. The van der Waals surface area contributed by atoms with Crippen LogP contribution >= 0.6 is 0 Å². The Bertz CT molecular complexity index is 607. The number of nitrogens with one attached hydrogen (secondary N) is 1. The van der Waals surface area contributed by atoms with Crippen LogP contribution in [-0.2, 0) is 0 Å². The molecule has 0 atom stereocenters. The van der Waals surface area contributed by atoms with Gasteiger partial charge in [-0.25, -0.2) is 8.78 Å². The molecule has 0 aliphatic rings. The molecule has 2 rings (SSSR count). The topological polar surface area (TPSA) is 27.6 Å². The fourth-order valence-electron chi connectivity index (χ4n) is 1.62. The van der Waals surface area contributed by atoms with Crippen molar-refractivity contribution in [3.63, 3.8) is 0 Å². The third-order valence-corrected chi connectivity index (χ3v) is 2.74. The van der Waals surface area contributed by atoms with Crippen molar-refractivity contribution >= 4 is 17.6 Å². The van der Waals surface area contributed by atoms with Crippen molar-refractivity contribution in [2.24, 2.45) is 5.10 Å². The van der Waals surface area contributed by atoms with Crippen LogP contribution in [0, 0.1) is 11.6 Å². The minimum atomic E-state index is -0.676. The summed E-state index contributed by atoms with van der Waals surface area (Å²) in [6.45, 7) is 0. The molecule has 0 unspecified atom stereocenters. The highest BCUT2D eigenvalue weighted by atomic mass is 19.1. The minimum Gasteiger partial charge on any atom is -0.378 e. The van der Waals surface area contributed by atoms with Gasteiger partial charge in [0.1, 0.15) is 5.82 Å². The smallest absolute Gasteiger partial charge is 0.151 e. The summed E-state index contributed by atoms with van der Waals surface area (Å²) >= 11 is 0. The van der Waals surface area contributed by atoms with E-state index in [1.807, 2.05) is 43.3 Å². The second-order valence-corrected chi connectivity index (χ2v) is 4.48. The zero-order valence-electron chi connectivity index (χ0n) is 11.3. The SMILES string of the molecule is CN(C)c1ccc(C=NNc2ccc(F)cc2F)cc1. The molecule has 104 valence electrons. The van der Waals surface area contributed by atoms with Crippen molar-refractivity contribution in [1.29, 1.82) is 0 Å². The van der Waals surface area contributed by atoms with Crippen LogP contribution in [0.1, 0.15) is 5.56 Å². The van der Waals surface area contributed by atoms with E-state index in [1.54, 1.807) is 6.21 Å². The van der Waals surface area contributed by atoms with E-state index in [2.05, 4.69) is 10.5 Å². The molecule has 20 heavy (non-hydrogen) atoms. The molecule has 0 amide bonds. The molecular weight excluding hydrogens is 260 g/mol. The van der Waals surface area contributed by atoms with E-state index in [4.69, 9.17) is 0 Å². The molecule has 0 aliphatic carbocycles. The van der Waals surface area contributed by atoms with E-state index < -0.39 is 11.6 Å². The van der Waals surface area contributed by atoms with Crippen molar-refractivity contribution in [1.82, 2.24) is 0 Å². The summed E-state index contributed by atoms with van der Waals surface area (Å²) in [6, 6.07) is 11.0. The fraction of sp³-hybridized carbons (Fsp3) is 0.133. The Labute approximate surface area is 116 Å². The maximum Gasteiger partial charge on any atom is 0.151 e. The number of rotatable bonds is 4. The molecule has 0 spiro atoms. The Morgan fingerprint density at radius 2 is 1.75 bits per heavy atom. The monoisotopic (exact) mass is 275 g/mol. The van der Waals surface area contributed by atoms with Gasteiger partial charge in [-0.05, 0) is 29.8 Å². The molecule has 0 aliphatic heterocycles. The second-order valence-electron chi connectivity index (χ2n) is 4.48. The molecule has 3 nitrogen and oxygen atoms in total. The lowest BCUT2D eigenvalue weighted by Crippen LogP contribution is -2.08. The quantitative estimate of drug-likeness (QED) is 0.683. The average Bonchev–Trinajstić information content (AvgIpc) is 2.42. The Morgan fingerprint density at radius 3 is 2.35 bits per heavy atom. The van der Waals surface area contributed by atoms with Crippen LogP contribution < -0.4 is 10.3 Å². The zero-order chi connectivity index (χ0) is 14.5. The van der Waals surface area contributed by atoms with Gasteiger partial charge in [-0.2, -0.15) is 5.10 Å². The molecule has 0 bridgehead atoms. The molecule has 2 aromatic carbocycles. The predicted molar refractivity (Wildman–Crippen MR) is 78.3 cm³/mol. The summed E-state index contributed by atoms with van der Waals surface area (Å²) in [5.74, 6) is -1.29. The van der Waals surface area contributed by atoms with Crippen molar-refractivity contribution in [2.75, 3.05) is 24.4 Å². The van der Waals surface area contributed by atoms with Gasteiger partial charge in [0.2, 0.25) is 0 Å². The first-order chi connectivity index (χ1) is 9.56. The molecule has 0 heterocycles. The van der Waals surface area contributed by atoms with E-state index in [0.717, 1.165) is 17.3 Å². The number of hydrogen-bond acceptors (Lipinski definition) is 3. The van der Waals surface area contributed by atoms with Crippen LogP contribution in [0.4, 0.5) is 20.2 Å². The number of anilines is 2. The van der Waals surface area contributed by atoms with Gasteiger partial charge in [-0.15, -0.1) is 0 Å². The molecule has 0 saturated carbocycles. The van der Waals surface area contributed by atoms with Gasteiger partial charge in [-0.1, -0.05) is 12.1 Å². The maximum absolute atomic E-state index is 13.3. The average molecular weight is 275 g/mol. The lowest BCUT2D eigenvalue weighted by molar-refractivity contribution is 0.585. The minimum absolute atomic E-state index is 0.132. The van der Waals surface area contributed by atoms with Crippen LogP contribution in [0.3, 0.4) is 0 Å². The summed E-state index contributed by atoms with van der Waals surface area (Å²) in [5, 5.41) is 3.93. The Hall–Kier alpha value is -2.43. The number of halogens is 2. The van der Waals surface area contributed by atoms with Crippen molar-refractivity contribution < 1.29 is 8.78 Å². The predicted octanol–water partition coefficient (Wildman–Crippen LogP) is 3.48. The molecule has 1 N–H and O–H groups in total. The number of hydrogen-bond donors (Lipinski definition) is 1. The first-order valence-corrected chi connectivity index (χ1v) is 6.08. The van der Waals surface area contributed by atoms with Crippen LogP contribution in [0.5, 0.6) is 0 Å². The van der Waals surface area contributed by atoms with Gasteiger partial charge >= 0.3 is 0 Å². The number of hydrazone groups is 1. The normalized spacial score (nSPS) is 10.8. The van der Waals surface area contributed by atoms with Gasteiger partial charge in [0.05, 0.1) is 11.9 Å². The van der Waals surface area contributed by atoms with Crippen LogP contribution in [0.25, 0.3) is 0 Å². The number of nitrogens with zero attached hydrogens (tertiary/aromatic N) is 2. The molecule has 0 radical (unpaired) electrons.